The van der Waals surface area contributed by atoms with Crippen molar-refractivity contribution in [3.63, 3.8) is 0 Å². The van der Waals surface area contributed by atoms with E-state index in [0.29, 0.717) is 12.6 Å². The van der Waals surface area contributed by atoms with Crippen LogP contribution >= 0.6 is 0 Å². The van der Waals surface area contributed by atoms with Gasteiger partial charge in [-0.3, -0.25) is 4.79 Å². The maximum Gasteiger partial charge on any atom is 0.309 e. The van der Waals surface area contributed by atoms with Crippen LogP contribution in [0.25, 0.3) is 0 Å². The molecule has 0 unspecified atom stereocenters. The SMILES string of the molecule is CCOC(=O)C1CCN(C2CCC(C=O)CC2)CC1. The first-order valence-corrected chi connectivity index (χ1v) is 7.60. The van der Waals surface area contributed by atoms with Crippen LogP contribution in [-0.4, -0.2) is 42.9 Å². The van der Waals surface area contributed by atoms with Crippen molar-refractivity contribution in [3.8, 4) is 0 Å². The average Bonchev–Trinajstić information content (AvgIpc) is 2.48. The number of rotatable bonds is 4. The van der Waals surface area contributed by atoms with Crippen LogP contribution in [0.1, 0.15) is 45.4 Å². The van der Waals surface area contributed by atoms with Gasteiger partial charge in [-0.2, -0.15) is 0 Å². The molecule has 0 bridgehead atoms. The lowest BCUT2D eigenvalue weighted by molar-refractivity contribution is -0.150. The molecule has 1 aliphatic heterocycles. The first-order valence-electron chi connectivity index (χ1n) is 7.60. The number of aldehydes is 1. The molecule has 0 aromatic heterocycles. The zero-order valence-electron chi connectivity index (χ0n) is 11.8. The number of hydrogen-bond acceptors (Lipinski definition) is 4. The predicted molar refractivity (Wildman–Crippen MR) is 72.7 cm³/mol. The molecule has 1 saturated carbocycles. The fraction of sp³-hybridized carbons (Fsp3) is 0.867. The molecule has 2 aliphatic rings. The number of carbonyl (C=O) groups is 2. The second-order valence-corrected chi connectivity index (χ2v) is 5.77. The summed E-state index contributed by atoms with van der Waals surface area (Å²) in [5.74, 6) is 0.364. The summed E-state index contributed by atoms with van der Waals surface area (Å²) >= 11 is 0. The molecular weight excluding hydrogens is 242 g/mol. The summed E-state index contributed by atoms with van der Waals surface area (Å²) in [6.07, 6.45) is 7.29. The second-order valence-electron chi connectivity index (χ2n) is 5.77. The van der Waals surface area contributed by atoms with Crippen molar-refractivity contribution in [2.75, 3.05) is 19.7 Å². The Balaban J connectivity index is 1.74. The summed E-state index contributed by atoms with van der Waals surface area (Å²) in [5, 5.41) is 0. The monoisotopic (exact) mass is 267 g/mol. The quantitative estimate of drug-likeness (QED) is 0.577. The molecule has 0 atom stereocenters. The van der Waals surface area contributed by atoms with E-state index in [1.807, 2.05) is 6.92 Å². The number of hydrogen-bond donors (Lipinski definition) is 0. The van der Waals surface area contributed by atoms with Crippen molar-refractivity contribution in [2.45, 2.75) is 51.5 Å². The summed E-state index contributed by atoms with van der Waals surface area (Å²) in [5.41, 5.74) is 0. The Morgan fingerprint density at radius 3 is 2.32 bits per heavy atom. The second kappa shape index (κ2) is 7.04. The van der Waals surface area contributed by atoms with Gasteiger partial charge in [-0.25, -0.2) is 0 Å². The first-order chi connectivity index (χ1) is 9.24. The minimum absolute atomic E-state index is 0.0215. The Morgan fingerprint density at radius 1 is 1.16 bits per heavy atom. The van der Waals surface area contributed by atoms with Crippen molar-refractivity contribution in [2.24, 2.45) is 11.8 Å². The number of likely N-dealkylation sites (tertiary alicyclic amines) is 1. The van der Waals surface area contributed by atoms with E-state index >= 15 is 0 Å². The lowest BCUT2D eigenvalue weighted by Crippen LogP contribution is -2.44. The van der Waals surface area contributed by atoms with Crippen LogP contribution in [0, 0.1) is 11.8 Å². The molecule has 1 saturated heterocycles. The lowest BCUT2D eigenvalue weighted by atomic mass is 9.85. The molecule has 0 aromatic rings. The third-order valence-corrected chi connectivity index (χ3v) is 4.60. The van der Waals surface area contributed by atoms with E-state index in [4.69, 9.17) is 4.74 Å². The molecule has 0 spiro atoms. The normalized spacial score (nSPS) is 29.9. The molecule has 0 radical (unpaired) electrons. The zero-order chi connectivity index (χ0) is 13.7. The fourth-order valence-electron chi connectivity index (χ4n) is 3.36. The van der Waals surface area contributed by atoms with Crippen LogP contribution in [0.4, 0.5) is 0 Å². The Kier molecular flexibility index (Phi) is 5.37. The van der Waals surface area contributed by atoms with Gasteiger partial charge in [0.2, 0.25) is 0 Å². The largest absolute Gasteiger partial charge is 0.466 e. The molecule has 0 N–H and O–H groups in total. The van der Waals surface area contributed by atoms with E-state index in [0.717, 1.165) is 57.9 Å². The van der Waals surface area contributed by atoms with Gasteiger partial charge in [0.05, 0.1) is 12.5 Å². The van der Waals surface area contributed by atoms with Crippen LogP contribution in [0.2, 0.25) is 0 Å². The Morgan fingerprint density at radius 2 is 1.79 bits per heavy atom. The molecule has 0 aromatic carbocycles. The number of ether oxygens (including phenoxy) is 1. The van der Waals surface area contributed by atoms with E-state index in [2.05, 4.69) is 4.90 Å². The zero-order valence-corrected chi connectivity index (χ0v) is 11.8. The van der Waals surface area contributed by atoms with Gasteiger partial charge in [0.1, 0.15) is 6.29 Å². The van der Waals surface area contributed by atoms with E-state index in [1.165, 1.54) is 0 Å². The highest BCUT2D eigenvalue weighted by atomic mass is 16.5. The molecule has 2 fully saturated rings. The van der Waals surface area contributed by atoms with Crippen LogP contribution < -0.4 is 0 Å². The summed E-state index contributed by atoms with van der Waals surface area (Å²) < 4.78 is 5.09. The topological polar surface area (TPSA) is 46.6 Å². The summed E-state index contributed by atoms with van der Waals surface area (Å²) in [4.78, 5) is 25.0. The summed E-state index contributed by atoms with van der Waals surface area (Å²) in [6, 6.07) is 0.624. The lowest BCUT2D eigenvalue weighted by Gasteiger charge is -2.39. The van der Waals surface area contributed by atoms with Gasteiger partial charge in [0.15, 0.2) is 0 Å². The van der Waals surface area contributed by atoms with Gasteiger partial charge in [-0.1, -0.05) is 0 Å². The Bertz CT molecular complexity index is 303. The maximum atomic E-state index is 11.7. The molecule has 108 valence electrons. The minimum Gasteiger partial charge on any atom is -0.466 e. The summed E-state index contributed by atoms with van der Waals surface area (Å²) in [7, 11) is 0. The Hall–Kier alpha value is -0.900. The first kappa shape index (κ1) is 14.5. The highest BCUT2D eigenvalue weighted by Crippen LogP contribution is 2.29. The minimum atomic E-state index is -0.0215. The van der Waals surface area contributed by atoms with Gasteiger partial charge < -0.3 is 14.4 Å². The molecule has 0 amide bonds. The number of piperidine rings is 1. The Labute approximate surface area is 115 Å². The molecule has 19 heavy (non-hydrogen) atoms. The van der Waals surface area contributed by atoms with E-state index in [-0.39, 0.29) is 17.8 Å². The van der Waals surface area contributed by atoms with Gasteiger partial charge in [-0.05, 0) is 58.5 Å². The van der Waals surface area contributed by atoms with Crippen molar-refractivity contribution in [3.05, 3.63) is 0 Å². The van der Waals surface area contributed by atoms with Gasteiger partial charge in [0, 0.05) is 12.0 Å². The molecule has 4 heteroatoms. The van der Waals surface area contributed by atoms with Gasteiger partial charge in [0.25, 0.3) is 0 Å². The molecular formula is C15H25NO3. The molecule has 1 aliphatic carbocycles. The highest BCUT2D eigenvalue weighted by Gasteiger charge is 2.31. The van der Waals surface area contributed by atoms with E-state index in [1.54, 1.807) is 0 Å². The fourth-order valence-corrected chi connectivity index (χ4v) is 3.36. The van der Waals surface area contributed by atoms with Crippen LogP contribution in [0.15, 0.2) is 0 Å². The van der Waals surface area contributed by atoms with Crippen LogP contribution in [0.5, 0.6) is 0 Å². The van der Waals surface area contributed by atoms with Crippen molar-refractivity contribution in [1.82, 2.24) is 4.90 Å². The number of esters is 1. The smallest absolute Gasteiger partial charge is 0.309 e. The third kappa shape index (κ3) is 3.78. The maximum absolute atomic E-state index is 11.7. The predicted octanol–water partition coefficient (Wildman–Crippen LogP) is 2.02. The van der Waals surface area contributed by atoms with Crippen molar-refractivity contribution >= 4 is 12.3 Å². The standard InChI is InChI=1S/C15H25NO3/c1-2-19-15(18)13-7-9-16(10-8-13)14-5-3-12(11-17)4-6-14/h11-14H,2-10H2,1H3. The van der Waals surface area contributed by atoms with E-state index in [9.17, 15) is 9.59 Å². The third-order valence-electron chi connectivity index (χ3n) is 4.60. The average molecular weight is 267 g/mol. The van der Waals surface area contributed by atoms with E-state index < -0.39 is 0 Å². The molecule has 1 heterocycles. The van der Waals surface area contributed by atoms with Crippen molar-refractivity contribution in [1.29, 1.82) is 0 Å². The molecule has 2 rings (SSSR count). The number of nitrogens with zero attached hydrogens (tertiary/aromatic N) is 1. The summed E-state index contributed by atoms with van der Waals surface area (Å²) in [6.45, 7) is 4.34. The number of carbonyl (C=O) groups excluding carboxylic acids is 2. The van der Waals surface area contributed by atoms with Gasteiger partial charge in [-0.15, -0.1) is 0 Å². The van der Waals surface area contributed by atoms with Gasteiger partial charge >= 0.3 is 5.97 Å². The van der Waals surface area contributed by atoms with Crippen LogP contribution in [0.3, 0.4) is 0 Å². The highest BCUT2D eigenvalue weighted by molar-refractivity contribution is 5.72. The van der Waals surface area contributed by atoms with Crippen molar-refractivity contribution < 1.29 is 14.3 Å². The molecule has 4 nitrogen and oxygen atoms in total. The van der Waals surface area contributed by atoms with Crippen LogP contribution in [-0.2, 0) is 14.3 Å².